The number of anilines is 2. The maximum absolute atomic E-state index is 6.50. The van der Waals surface area contributed by atoms with Crippen LogP contribution in [-0.4, -0.2) is 0 Å². The van der Waals surface area contributed by atoms with Crippen molar-refractivity contribution in [3.05, 3.63) is 95.6 Å². The molecule has 1 aliphatic rings. The van der Waals surface area contributed by atoms with Gasteiger partial charge in [0.15, 0.2) is 0 Å². The second-order valence-corrected chi connectivity index (χ2v) is 13.4. The van der Waals surface area contributed by atoms with Gasteiger partial charge in [0, 0.05) is 16.6 Å². The van der Waals surface area contributed by atoms with Crippen molar-refractivity contribution in [2.45, 2.75) is 77.6 Å². The molecular weight excluding hydrogens is 462 g/mol. The van der Waals surface area contributed by atoms with Crippen molar-refractivity contribution in [1.82, 2.24) is 0 Å². The third kappa shape index (κ3) is 4.11. The van der Waals surface area contributed by atoms with E-state index in [0.29, 0.717) is 0 Å². The van der Waals surface area contributed by atoms with Crippen LogP contribution in [0.4, 0.5) is 11.4 Å². The fourth-order valence-electron chi connectivity index (χ4n) is 6.11. The van der Waals surface area contributed by atoms with E-state index in [4.69, 9.17) is 4.42 Å². The number of benzene rings is 4. The summed E-state index contributed by atoms with van der Waals surface area (Å²) in [6, 6.07) is 28.6. The van der Waals surface area contributed by atoms with Gasteiger partial charge in [-0.2, -0.15) is 0 Å². The van der Waals surface area contributed by atoms with Crippen molar-refractivity contribution in [2.75, 3.05) is 5.32 Å². The van der Waals surface area contributed by atoms with Gasteiger partial charge in [-0.3, -0.25) is 0 Å². The van der Waals surface area contributed by atoms with Crippen LogP contribution in [0.15, 0.2) is 83.3 Å². The molecule has 1 aliphatic carbocycles. The quantitative estimate of drug-likeness (QED) is 0.266. The molecule has 0 saturated heterocycles. The standard InChI is InChI=1S/C36H39NO/c1-34(2,3)24-16-17-29(25(20-24)23-12-9-8-10-13-23)37-30-14-11-15-31-33(30)26-21-27-28(22-32(26)38-31)36(6,7)19-18-35(27,4)5/h8-17,20-22,37H,18-19H2,1-7H3. The minimum absolute atomic E-state index is 0.0719. The van der Waals surface area contributed by atoms with E-state index >= 15 is 0 Å². The Bertz CT molecular complexity index is 1660. The first-order chi connectivity index (χ1) is 17.9. The van der Waals surface area contributed by atoms with Gasteiger partial charge in [0.2, 0.25) is 0 Å². The first-order valence-electron chi connectivity index (χ1n) is 13.9. The zero-order valence-electron chi connectivity index (χ0n) is 23.8. The number of nitrogens with one attached hydrogen (secondary N) is 1. The number of furan rings is 1. The lowest BCUT2D eigenvalue weighted by Crippen LogP contribution is -2.33. The Morgan fingerprint density at radius 2 is 1.37 bits per heavy atom. The van der Waals surface area contributed by atoms with Crippen molar-refractivity contribution in [1.29, 1.82) is 0 Å². The fourth-order valence-corrected chi connectivity index (χ4v) is 6.11. The molecule has 2 nitrogen and oxygen atoms in total. The van der Waals surface area contributed by atoms with E-state index in [1.54, 1.807) is 0 Å². The Hall–Kier alpha value is -3.52. The lowest BCUT2D eigenvalue weighted by Gasteiger charge is -2.41. The zero-order valence-corrected chi connectivity index (χ0v) is 23.8. The first kappa shape index (κ1) is 24.8. The second kappa shape index (κ2) is 8.50. The maximum atomic E-state index is 6.50. The van der Waals surface area contributed by atoms with Crippen molar-refractivity contribution >= 4 is 33.3 Å². The molecule has 0 spiro atoms. The molecule has 2 heteroatoms. The van der Waals surface area contributed by atoms with E-state index in [1.165, 1.54) is 46.0 Å². The van der Waals surface area contributed by atoms with Gasteiger partial charge >= 0.3 is 0 Å². The fraction of sp³-hybridized carbons (Fsp3) is 0.333. The van der Waals surface area contributed by atoms with Crippen molar-refractivity contribution in [2.24, 2.45) is 0 Å². The van der Waals surface area contributed by atoms with Gasteiger partial charge < -0.3 is 9.73 Å². The van der Waals surface area contributed by atoms with Gasteiger partial charge in [-0.05, 0) is 87.7 Å². The van der Waals surface area contributed by atoms with E-state index in [1.807, 2.05) is 0 Å². The number of hydrogen-bond acceptors (Lipinski definition) is 2. The third-order valence-electron chi connectivity index (χ3n) is 8.71. The first-order valence-corrected chi connectivity index (χ1v) is 13.9. The molecule has 0 atom stereocenters. The van der Waals surface area contributed by atoms with E-state index in [2.05, 4.69) is 133 Å². The highest BCUT2D eigenvalue weighted by molar-refractivity contribution is 6.12. The summed E-state index contributed by atoms with van der Waals surface area (Å²) in [7, 11) is 0. The average molecular weight is 502 g/mol. The molecule has 1 heterocycles. The third-order valence-corrected chi connectivity index (χ3v) is 8.71. The Balaban J connectivity index is 1.54. The minimum atomic E-state index is 0.0719. The Labute approximate surface area is 227 Å². The summed E-state index contributed by atoms with van der Waals surface area (Å²) >= 11 is 0. The van der Waals surface area contributed by atoms with Gasteiger partial charge in [-0.25, -0.2) is 0 Å². The van der Waals surface area contributed by atoms with Crippen LogP contribution in [0.3, 0.4) is 0 Å². The van der Waals surface area contributed by atoms with Crippen LogP contribution in [0.2, 0.25) is 0 Å². The van der Waals surface area contributed by atoms with Crippen LogP contribution in [0.25, 0.3) is 33.1 Å². The SMILES string of the molecule is CC(C)(C)c1ccc(Nc2cccc3oc4cc5c(cc4c23)C(C)(C)CCC5(C)C)c(-c2ccccc2)c1. The lowest BCUT2D eigenvalue weighted by atomic mass is 9.63. The maximum Gasteiger partial charge on any atom is 0.137 e. The molecule has 38 heavy (non-hydrogen) atoms. The topological polar surface area (TPSA) is 25.2 Å². The number of rotatable bonds is 3. The summed E-state index contributed by atoms with van der Waals surface area (Å²) in [5.74, 6) is 0. The monoisotopic (exact) mass is 501 g/mol. The van der Waals surface area contributed by atoms with Gasteiger partial charge in [-0.15, -0.1) is 0 Å². The predicted molar refractivity (Wildman–Crippen MR) is 163 cm³/mol. The van der Waals surface area contributed by atoms with Crippen molar-refractivity contribution < 1.29 is 4.42 Å². The Kier molecular flexibility index (Phi) is 5.54. The molecule has 1 N–H and O–H groups in total. The molecule has 6 rings (SSSR count). The molecule has 4 aromatic carbocycles. The van der Waals surface area contributed by atoms with Crippen LogP contribution in [0, 0.1) is 0 Å². The molecule has 0 unspecified atom stereocenters. The van der Waals surface area contributed by atoms with Crippen LogP contribution in [0.5, 0.6) is 0 Å². The largest absolute Gasteiger partial charge is 0.456 e. The number of hydrogen-bond donors (Lipinski definition) is 1. The van der Waals surface area contributed by atoms with Crippen LogP contribution in [-0.2, 0) is 16.2 Å². The summed E-state index contributed by atoms with van der Waals surface area (Å²) in [6.45, 7) is 16.3. The van der Waals surface area contributed by atoms with Gasteiger partial charge in [0.1, 0.15) is 11.2 Å². The Morgan fingerprint density at radius 1 is 0.684 bits per heavy atom. The van der Waals surface area contributed by atoms with Gasteiger partial charge in [-0.1, -0.05) is 90.9 Å². The van der Waals surface area contributed by atoms with Crippen molar-refractivity contribution in [3.8, 4) is 11.1 Å². The normalized spacial score (nSPS) is 16.5. The highest BCUT2D eigenvalue weighted by Crippen LogP contribution is 2.49. The predicted octanol–water partition coefficient (Wildman–Crippen LogP) is 10.6. The molecule has 0 amide bonds. The van der Waals surface area contributed by atoms with Gasteiger partial charge in [0.25, 0.3) is 0 Å². The molecule has 0 saturated carbocycles. The van der Waals surface area contributed by atoms with Gasteiger partial charge in [0.05, 0.1) is 11.1 Å². The smallest absolute Gasteiger partial charge is 0.137 e. The number of fused-ring (bicyclic) bond motifs is 4. The molecule has 0 radical (unpaired) electrons. The molecule has 1 aromatic heterocycles. The summed E-state index contributed by atoms with van der Waals surface area (Å²) in [6.07, 6.45) is 2.39. The summed E-state index contributed by atoms with van der Waals surface area (Å²) in [5, 5.41) is 6.18. The molecule has 0 fully saturated rings. The zero-order chi connectivity index (χ0) is 26.9. The summed E-state index contributed by atoms with van der Waals surface area (Å²) in [5.41, 5.74) is 11.1. The molecule has 0 aliphatic heterocycles. The molecule has 5 aromatic rings. The molecular formula is C36H39NO. The minimum Gasteiger partial charge on any atom is -0.456 e. The highest BCUT2D eigenvalue weighted by Gasteiger charge is 2.37. The highest BCUT2D eigenvalue weighted by atomic mass is 16.3. The Morgan fingerprint density at radius 3 is 2.05 bits per heavy atom. The van der Waals surface area contributed by atoms with E-state index in [0.717, 1.165) is 27.9 Å². The summed E-state index contributed by atoms with van der Waals surface area (Å²) < 4.78 is 6.50. The summed E-state index contributed by atoms with van der Waals surface area (Å²) in [4.78, 5) is 0. The van der Waals surface area contributed by atoms with Crippen LogP contribution < -0.4 is 5.32 Å². The lowest BCUT2D eigenvalue weighted by molar-refractivity contribution is 0.332. The van der Waals surface area contributed by atoms with E-state index in [-0.39, 0.29) is 16.2 Å². The molecule has 194 valence electrons. The average Bonchev–Trinajstić information content (AvgIpc) is 3.25. The second-order valence-electron chi connectivity index (χ2n) is 13.4. The van der Waals surface area contributed by atoms with E-state index in [9.17, 15) is 0 Å². The van der Waals surface area contributed by atoms with Crippen molar-refractivity contribution in [3.63, 3.8) is 0 Å². The van der Waals surface area contributed by atoms with Crippen LogP contribution in [0.1, 0.15) is 78.0 Å². The van der Waals surface area contributed by atoms with Crippen LogP contribution >= 0.6 is 0 Å². The van der Waals surface area contributed by atoms with E-state index < -0.39 is 0 Å². The molecule has 0 bridgehead atoms.